The maximum Gasteiger partial charge on any atom is 0.103 e. The van der Waals surface area contributed by atoms with Gasteiger partial charge in [0.1, 0.15) is 11.5 Å². The van der Waals surface area contributed by atoms with Crippen LogP contribution in [0.1, 0.15) is 13.8 Å². The molecule has 1 nitrogen and oxygen atoms in total. The first-order chi connectivity index (χ1) is 2.41. The number of hydrogen-bond acceptors (Lipinski definition) is 1. The number of hydrogen-bond donors (Lipinski definition) is 0. The smallest absolute Gasteiger partial charge is 0.103 e. The van der Waals surface area contributed by atoms with Crippen LogP contribution in [0, 0.1) is 0 Å². The van der Waals surface area contributed by atoms with E-state index in [-0.39, 0.29) is 35.0 Å². The Labute approximate surface area is 71.9 Å². The summed E-state index contributed by atoms with van der Waals surface area (Å²) in [6.45, 7) is 4.40. The monoisotopic (exact) mass is 131 g/mol. The van der Waals surface area contributed by atoms with Gasteiger partial charge in [-0.25, -0.2) is 0 Å². The first-order valence-electron chi connectivity index (χ1n) is 2.05. The molecule has 0 aromatic rings. The van der Waals surface area contributed by atoms with Gasteiger partial charge in [0.15, 0.2) is 0 Å². The number of rotatable bonds is 2. The standard InChI is InChI=1S/C4H10S.Na.H2O/c1-3-5-4-2;;/h3-4H2,1-2H3;;1H2. The zero-order chi connectivity index (χ0) is 4.12. The molecule has 0 spiro atoms. The Balaban J connectivity index is -0.0000000800. The predicted molar refractivity (Wildman–Crippen MR) is 37.5 cm³/mol. The molecular formula is C4H12NaOS. The van der Waals surface area contributed by atoms with Crippen LogP contribution in [-0.2, 0) is 11.8 Å². The van der Waals surface area contributed by atoms with Crippen molar-refractivity contribution in [3.8, 4) is 0 Å². The molecular weight excluding hydrogens is 119 g/mol. The molecule has 3 heteroatoms. The van der Waals surface area contributed by atoms with Crippen LogP contribution in [0.15, 0.2) is 0 Å². The quantitative estimate of drug-likeness (QED) is 0.301. The third-order valence-corrected chi connectivity index (χ3v) is 1.34. The summed E-state index contributed by atoms with van der Waals surface area (Å²) in [5.74, 6) is 2.63. The fourth-order valence-corrected chi connectivity index (χ4v) is 0.671. The summed E-state index contributed by atoms with van der Waals surface area (Å²) in [5, 5.41) is 0. The van der Waals surface area contributed by atoms with Gasteiger partial charge in [-0.1, -0.05) is 0 Å². The summed E-state index contributed by atoms with van der Waals surface area (Å²) in [4.78, 5) is 0. The Hall–Kier alpha value is 1.31. The van der Waals surface area contributed by atoms with E-state index in [0.717, 1.165) is 0 Å². The Morgan fingerprint density at radius 3 is 1.43 bits per heavy atom. The molecule has 1 N–H and O–H groups in total. The molecule has 0 aliphatic carbocycles. The first-order valence-corrected chi connectivity index (χ1v) is 3.31. The van der Waals surface area contributed by atoms with E-state index in [9.17, 15) is 0 Å². The van der Waals surface area contributed by atoms with Gasteiger partial charge in [-0.05, 0) is 25.6 Å². The minimum atomic E-state index is 0. The van der Waals surface area contributed by atoms with Crippen molar-refractivity contribution in [3.63, 3.8) is 0 Å². The van der Waals surface area contributed by atoms with Gasteiger partial charge in [0.25, 0.3) is 0 Å². The van der Waals surface area contributed by atoms with Crippen LogP contribution in [0.3, 0.4) is 0 Å². The van der Waals surface area contributed by atoms with Crippen LogP contribution in [0.5, 0.6) is 0 Å². The summed E-state index contributed by atoms with van der Waals surface area (Å²) in [7, 11) is 0. The second-order valence-electron chi connectivity index (χ2n) is 0.856. The fraction of sp³-hybridized carbons (Fsp3) is 1.00. The normalized spacial score (nSPS) is 6.00. The van der Waals surface area contributed by atoms with E-state index in [1.807, 2.05) is 0 Å². The third-order valence-electron chi connectivity index (χ3n) is 0.447. The fourth-order valence-electron chi connectivity index (χ4n) is 0.224. The average molecular weight is 131 g/mol. The Morgan fingerprint density at radius 2 is 1.43 bits per heavy atom. The molecule has 0 bridgehead atoms. The largest absolute Gasteiger partial charge is 0.870 e. The van der Waals surface area contributed by atoms with E-state index < -0.39 is 0 Å². The van der Waals surface area contributed by atoms with Crippen LogP contribution in [0.25, 0.3) is 0 Å². The van der Waals surface area contributed by atoms with Gasteiger partial charge in [0.2, 0.25) is 0 Å². The van der Waals surface area contributed by atoms with Gasteiger partial charge in [0, 0.05) is 29.6 Å². The Kier molecular flexibility index (Phi) is 35.3. The van der Waals surface area contributed by atoms with Gasteiger partial charge in [-0.15, -0.1) is 0 Å². The molecule has 41 valence electrons. The van der Waals surface area contributed by atoms with E-state index in [4.69, 9.17) is 0 Å². The molecule has 0 unspecified atom stereocenters. The van der Waals surface area contributed by atoms with Crippen molar-refractivity contribution in [1.29, 1.82) is 0 Å². The van der Waals surface area contributed by atoms with Crippen molar-refractivity contribution >= 4 is 41.3 Å². The molecule has 0 saturated carbocycles. The minimum Gasteiger partial charge on any atom is -0.870 e. The molecule has 0 heterocycles. The summed E-state index contributed by atoms with van der Waals surface area (Å²) in [5.41, 5.74) is 0. The van der Waals surface area contributed by atoms with Gasteiger partial charge in [-0.2, -0.15) is 0 Å². The average Bonchev–Trinajstić information content (AvgIpc) is 1.41. The number of thiol groups is 1. The molecule has 0 aromatic carbocycles. The molecule has 0 saturated heterocycles. The van der Waals surface area contributed by atoms with Crippen LogP contribution in [-0.4, -0.2) is 46.5 Å². The third kappa shape index (κ3) is 18.8. The van der Waals surface area contributed by atoms with E-state index >= 15 is 0 Å². The zero-order valence-corrected chi connectivity index (χ0v) is 8.20. The molecule has 0 aliphatic rings. The summed E-state index contributed by atoms with van der Waals surface area (Å²) < 4.78 is 0. The Bertz CT molecular complexity index is 19.2. The minimum absolute atomic E-state index is 0. The van der Waals surface area contributed by atoms with Crippen molar-refractivity contribution in [2.45, 2.75) is 13.8 Å². The molecule has 0 amide bonds. The molecule has 0 rings (SSSR count). The topological polar surface area (TPSA) is 30.0 Å². The second kappa shape index (κ2) is 15.7. The second-order valence-corrected chi connectivity index (χ2v) is 2.57. The van der Waals surface area contributed by atoms with Crippen molar-refractivity contribution in [3.05, 3.63) is 0 Å². The first kappa shape index (κ1) is 15.7. The van der Waals surface area contributed by atoms with Gasteiger partial charge in [-0.3, -0.25) is 0 Å². The molecule has 0 aromatic heterocycles. The molecule has 7 heavy (non-hydrogen) atoms. The van der Waals surface area contributed by atoms with E-state index in [1.54, 1.807) is 11.8 Å². The maximum atomic E-state index is 2.20. The maximum absolute atomic E-state index is 2.20. The van der Waals surface area contributed by atoms with Crippen molar-refractivity contribution < 1.29 is 5.48 Å². The molecule has 1 radical (unpaired) electrons. The van der Waals surface area contributed by atoms with Crippen molar-refractivity contribution in [2.24, 2.45) is 0 Å². The molecule has 0 atom stereocenters. The van der Waals surface area contributed by atoms with E-state index in [2.05, 4.69) is 13.8 Å². The van der Waals surface area contributed by atoms with E-state index in [0.29, 0.717) is 0 Å². The molecule has 0 aliphatic heterocycles. The van der Waals surface area contributed by atoms with Crippen LogP contribution in [0.4, 0.5) is 0 Å². The van der Waals surface area contributed by atoms with E-state index in [1.165, 1.54) is 11.5 Å². The summed E-state index contributed by atoms with van der Waals surface area (Å²) >= 11 is 1.58. The predicted octanol–water partition coefficient (Wildman–Crippen LogP) is 0.283. The van der Waals surface area contributed by atoms with Gasteiger partial charge in [0.05, 0.1) is 0 Å². The van der Waals surface area contributed by atoms with Crippen LogP contribution >= 0.6 is 0 Å². The summed E-state index contributed by atoms with van der Waals surface area (Å²) in [6.07, 6.45) is 0. The van der Waals surface area contributed by atoms with Crippen LogP contribution in [0.2, 0.25) is 0 Å². The SMILES string of the molecule is CC[SH+]CC.[Na].[OH-]. The van der Waals surface area contributed by atoms with Gasteiger partial charge < -0.3 is 5.48 Å². The van der Waals surface area contributed by atoms with Crippen LogP contribution < -0.4 is 0 Å². The summed E-state index contributed by atoms with van der Waals surface area (Å²) in [6, 6.07) is 0. The zero-order valence-electron chi connectivity index (χ0n) is 5.31. The molecule has 0 fully saturated rings. The Morgan fingerprint density at radius 1 is 1.14 bits per heavy atom. The van der Waals surface area contributed by atoms with Crippen molar-refractivity contribution in [1.82, 2.24) is 0 Å². The van der Waals surface area contributed by atoms with Gasteiger partial charge >= 0.3 is 0 Å². The van der Waals surface area contributed by atoms with Crippen molar-refractivity contribution in [2.75, 3.05) is 11.5 Å².